The maximum atomic E-state index is 12.5. The molecule has 2 N–H and O–H groups in total. The number of hydrogen-bond acceptors (Lipinski definition) is 4. The minimum Gasteiger partial charge on any atom is -0.360 e. The van der Waals surface area contributed by atoms with Crippen molar-refractivity contribution < 1.29 is 4.79 Å². The van der Waals surface area contributed by atoms with Crippen LogP contribution in [0, 0.1) is 18.3 Å². The van der Waals surface area contributed by atoms with E-state index in [0.29, 0.717) is 11.2 Å². The molecule has 2 aromatic heterocycles. The van der Waals surface area contributed by atoms with Crippen LogP contribution in [0.3, 0.4) is 0 Å². The number of aryl methyl sites for hydroxylation is 1. The third-order valence-corrected chi connectivity index (χ3v) is 4.14. The standard InChI is InChI=1S/C20H23N5O/c1-12-10-17(22-13(2)19(26)24-20(3,4)5)25-16-9-7-6-8-15(16)23-18(25)14(12)11-21/h6-10,13,22H,1-5H3,(H,24,26)/t13-/m1/s1. The van der Waals surface area contributed by atoms with Crippen LogP contribution >= 0.6 is 0 Å². The predicted octanol–water partition coefficient (Wildman–Crippen LogP) is 3.38. The number of benzene rings is 1. The Morgan fingerprint density at radius 2 is 2.00 bits per heavy atom. The van der Waals surface area contributed by atoms with Crippen molar-refractivity contribution in [2.24, 2.45) is 0 Å². The topological polar surface area (TPSA) is 82.2 Å². The minimum atomic E-state index is -0.439. The largest absolute Gasteiger partial charge is 0.360 e. The molecule has 0 bridgehead atoms. The van der Waals surface area contributed by atoms with Gasteiger partial charge in [-0.15, -0.1) is 0 Å². The van der Waals surface area contributed by atoms with Crippen molar-refractivity contribution in [2.45, 2.75) is 46.2 Å². The molecule has 6 nitrogen and oxygen atoms in total. The summed E-state index contributed by atoms with van der Waals surface area (Å²) in [5, 5.41) is 15.8. The van der Waals surface area contributed by atoms with Gasteiger partial charge in [-0.05, 0) is 58.4 Å². The van der Waals surface area contributed by atoms with Gasteiger partial charge in [0.1, 0.15) is 17.9 Å². The molecule has 0 spiro atoms. The van der Waals surface area contributed by atoms with Crippen molar-refractivity contribution in [1.29, 1.82) is 5.26 Å². The highest BCUT2D eigenvalue weighted by Gasteiger charge is 2.21. The van der Waals surface area contributed by atoms with Crippen LogP contribution in [0.5, 0.6) is 0 Å². The first kappa shape index (κ1) is 17.7. The van der Waals surface area contributed by atoms with E-state index in [9.17, 15) is 10.1 Å². The smallest absolute Gasteiger partial charge is 0.242 e. The molecule has 0 radical (unpaired) electrons. The molecule has 1 aromatic carbocycles. The van der Waals surface area contributed by atoms with Crippen LogP contribution in [0.25, 0.3) is 16.7 Å². The van der Waals surface area contributed by atoms with E-state index in [1.807, 2.05) is 69.4 Å². The zero-order chi connectivity index (χ0) is 19.1. The van der Waals surface area contributed by atoms with E-state index in [4.69, 9.17) is 0 Å². The van der Waals surface area contributed by atoms with E-state index < -0.39 is 6.04 Å². The number of carbonyl (C=O) groups excluding carboxylic acids is 1. The lowest BCUT2D eigenvalue weighted by molar-refractivity contribution is -0.122. The molecule has 0 unspecified atom stereocenters. The molecule has 6 heteroatoms. The van der Waals surface area contributed by atoms with Gasteiger partial charge in [-0.2, -0.15) is 5.26 Å². The van der Waals surface area contributed by atoms with E-state index >= 15 is 0 Å². The quantitative estimate of drug-likeness (QED) is 0.759. The lowest BCUT2D eigenvalue weighted by Gasteiger charge is -2.24. The molecule has 134 valence electrons. The van der Waals surface area contributed by atoms with Gasteiger partial charge in [0.2, 0.25) is 5.91 Å². The molecule has 0 aliphatic rings. The van der Waals surface area contributed by atoms with E-state index in [2.05, 4.69) is 21.7 Å². The Kier molecular flexibility index (Phi) is 4.33. The molecule has 3 aromatic rings. The Bertz CT molecular complexity index is 1040. The number of amides is 1. The molecule has 0 aliphatic carbocycles. The lowest BCUT2D eigenvalue weighted by Crippen LogP contribution is -2.47. The van der Waals surface area contributed by atoms with Crippen LogP contribution in [0.2, 0.25) is 0 Å². The zero-order valence-electron chi connectivity index (χ0n) is 15.7. The number of nitrogens with zero attached hydrogens (tertiary/aromatic N) is 3. The number of fused-ring (bicyclic) bond motifs is 3. The van der Waals surface area contributed by atoms with Gasteiger partial charge in [0, 0.05) is 5.54 Å². The summed E-state index contributed by atoms with van der Waals surface area (Å²) in [5.41, 5.74) is 3.36. The second-order valence-corrected chi connectivity index (χ2v) is 7.56. The summed E-state index contributed by atoms with van der Waals surface area (Å²) in [4.78, 5) is 17.1. The molecule has 3 rings (SSSR count). The fourth-order valence-electron chi connectivity index (χ4n) is 2.97. The number of nitriles is 1. The number of imidazole rings is 1. The molecule has 0 fully saturated rings. The molecular formula is C20H23N5O. The Labute approximate surface area is 152 Å². The highest BCUT2D eigenvalue weighted by Crippen LogP contribution is 2.26. The Morgan fingerprint density at radius 3 is 2.65 bits per heavy atom. The summed E-state index contributed by atoms with van der Waals surface area (Å²) >= 11 is 0. The summed E-state index contributed by atoms with van der Waals surface area (Å²) in [7, 11) is 0. The van der Waals surface area contributed by atoms with Crippen molar-refractivity contribution >= 4 is 28.4 Å². The second-order valence-electron chi connectivity index (χ2n) is 7.56. The van der Waals surface area contributed by atoms with E-state index in [1.165, 1.54) is 0 Å². The van der Waals surface area contributed by atoms with Gasteiger partial charge >= 0.3 is 0 Å². The number of pyridine rings is 1. The number of hydrogen-bond donors (Lipinski definition) is 2. The first-order chi connectivity index (χ1) is 12.2. The van der Waals surface area contributed by atoms with Gasteiger partial charge in [0.15, 0.2) is 5.65 Å². The summed E-state index contributed by atoms with van der Waals surface area (Å²) in [6.45, 7) is 9.55. The molecule has 26 heavy (non-hydrogen) atoms. The van der Waals surface area contributed by atoms with Crippen molar-refractivity contribution in [3.63, 3.8) is 0 Å². The average Bonchev–Trinajstić information content (AvgIpc) is 2.92. The molecule has 1 atom stereocenters. The number of nitrogens with one attached hydrogen (secondary N) is 2. The van der Waals surface area contributed by atoms with Gasteiger partial charge in [0.25, 0.3) is 0 Å². The van der Waals surface area contributed by atoms with Gasteiger partial charge in [-0.3, -0.25) is 9.20 Å². The van der Waals surface area contributed by atoms with Crippen LogP contribution in [0.4, 0.5) is 5.82 Å². The monoisotopic (exact) mass is 349 g/mol. The van der Waals surface area contributed by atoms with Gasteiger partial charge < -0.3 is 10.6 Å². The third kappa shape index (κ3) is 3.21. The van der Waals surface area contributed by atoms with Crippen molar-refractivity contribution in [3.05, 3.63) is 41.5 Å². The molecule has 2 heterocycles. The van der Waals surface area contributed by atoms with Crippen LogP contribution in [-0.4, -0.2) is 26.9 Å². The summed E-state index contributed by atoms with van der Waals surface area (Å²) in [6.07, 6.45) is 0. The summed E-state index contributed by atoms with van der Waals surface area (Å²) in [6, 6.07) is 11.4. The number of rotatable bonds is 3. The summed E-state index contributed by atoms with van der Waals surface area (Å²) < 4.78 is 1.90. The first-order valence-electron chi connectivity index (χ1n) is 8.61. The number of anilines is 1. The first-order valence-corrected chi connectivity index (χ1v) is 8.61. The third-order valence-electron chi connectivity index (χ3n) is 4.14. The van der Waals surface area contributed by atoms with E-state index in [0.717, 1.165) is 22.4 Å². The normalized spacial score (nSPS) is 12.8. The van der Waals surface area contributed by atoms with Crippen LogP contribution < -0.4 is 10.6 Å². The van der Waals surface area contributed by atoms with Crippen LogP contribution in [-0.2, 0) is 4.79 Å². The SMILES string of the molecule is Cc1cc(N[C@H](C)C(=O)NC(C)(C)C)n2c(nc3ccccc32)c1C#N. The fraction of sp³-hybridized carbons (Fsp3) is 0.350. The highest BCUT2D eigenvalue weighted by atomic mass is 16.2. The molecule has 0 saturated carbocycles. The van der Waals surface area contributed by atoms with Gasteiger partial charge in [-0.1, -0.05) is 12.1 Å². The average molecular weight is 349 g/mol. The molecule has 1 amide bonds. The maximum absolute atomic E-state index is 12.5. The number of carbonyl (C=O) groups is 1. The second kappa shape index (κ2) is 6.34. The van der Waals surface area contributed by atoms with Crippen molar-refractivity contribution in [3.8, 4) is 6.07 Å². The van der Waals surface area contributed by atoms with E-state index in [1.54, 1.807) is 0 Å². The molecule has 0 saturated heterocycles. The van der Waals surface area contributed by atoms with Gasteiger partial charge in [0.05, 0.1) is 16.6 Å². The maximum Gasteiger partial charge on any atom is 0.242 e. The van der Waals surface area contributed by atoms with Crippen LogP contribution in [0.15, 0.2) is 30.3 Å². The highest BCUT2D eigenvalue weighted by molar-refractivity contribution is 5.87. The number of para-hydroxylation sites is 2. The zero-order valence-corrected chi connectivity index (χ0v) is 15.7. The molecule has 0 aliphatic heterocycles. The Morgan fingerprint density at radius 1 is 1.31 bits per heavy atom. The van der Waals surface area contributed by atoms with E-state index in [-0.39, 0.29) is 11.4 Å². The van der Waals surface area contributed by atoms with Crippen molar-refractivity contribution in [1.82, 2.24) is 14.7 Å². The lowest BCUT2D eigenvalue weighted by atomic mass is 10.1. The van der Waals surface area contributed by atoms with Crippen LogP contribution in [0.1, 0.15) is 38.8 Å². The summed E-state index contributed by atoms with van der Waals surface area (Å²) in [5.74, 6) is 0.652. The Balaban J connectivity index is 2.11. The Hall–Kier alpha value is -3.07. The van der Waals surface area contributed by atoms with Crippen molar-refractivity contribution in [2.75, 3.05) is 5.32 Å². The molecular weight excluding hydrogens is 326 g/mol. The van der Waals surface area contributed by atoms with Gasteiger partial charge in [-0.25, -0.2) is 4.98 Å². The fourth-order valence-corrected chi connectivity index (χ4v) is 2.97. The number of aromatic nitrogens is 2. The minimum absolute atomic E-state index is 0.0860. The predicted molar refractivity (Wildman–Crippen MR) is 103 cm³/mol.